The standard InChI is InChI=1S/C14H20O2/c1-13(7-12(15)16)10-4-8-2-3-14(10)6-9(8)5-11(13)14/h8-11H,2-7H2,1H3,(H,15,16)/t8?,9-,10+,11?,13-,14?/m0/s1. The first-order chi connectivity index (χ1) is 7.56. The maximum absolute atomic E-state index is 11.1. The molecule has 6 atom stereocenters. The minimum absolute atomic E-state index is 0.149. The highest BCUT2D eigenvalue weighted by atomic mass is 16.4. The van der Waals surface area contributed by atoms with Crippen molar-refractivity contribution in [3.63, 3.8) is 0 Å². The van der Waals surface area contributed by atoms with Gasteiger partial charge in [-0.15, -0.1) is 0 Å². The normalized spacial score (nSPS) is 60.8. The Labute approximate surface area is 96.4 Å². The monoisotopic (exact) mass is 220 g/mol. The molecule has 5 fully saturated rings. The third-order valence-corrected chi connectivity index (χ3v) is 6.88. The lowest BCUT2D eigenvalue weighted by molar-refractivity contribution is -0.220. The van der Waals surface area contributed by atoms with Gasteiger partial charge in [0.15, 0.2) is 0 Å². The third kappa shape index (κ3) is 0.791. The van der Waals surface area contributed by atoms with E-state index in [1.807, 2.05) is 0 Å². The zero-order chi connectivity index (χ0) is 11.1. The van der Waals surface area contributed by atoms with Crippen LogP contribution in [0.25, 0.3) is 0 Å². The summed E-state index contributed by atoms with van der Waals surface area (Å²) in [6.45, 7) is 2.27. The van der Waals surface area contributed by atoms with Crippen LogP contribution < -0.4 is 0 Å². The van der Waals surface area contributed by atoms with E-state index in [-0.39, 0.29) is 5.41 Å². The fourth-order valence-electron chi connectivity index (χ4n) is 6.55. The van der Waals surface area contributed by atoms with Crippen LogP contribution in [0, 0.1) is 34.5 Å². The molecule has 5 saturated carbocycles. The largest absolute Gasteiger partial charge is 0.481 e. The van der Waals surface area contributed by atoms with Gasteiger partial charge >= 0.3 is 5.97 Å². The molecular formula is C14H20O2. The lowest BCUT2D eigenvalue weighted by Crippen LogP contribution is -2.64. The van der Waals surface area contributed by atoms with Crippen LogP contribution in [-0.4, -0.2) is 11.1 Å². The van der Waals surface area contributed by atoms with E-state index in [1.165, 1.54) is 32.1 Å². The Morgan fingerprint density at radius 3 is 2.69 bits per heavy atom. The van der Waals surface area contributed by atoms with Gasteiger partial charge in [0.2, 0.25) is 0 Å². The summed E-state index contributed by atoms with van der Waals surface area (Å²) in [5.41, 5.74) is 0.763. The Kier molecular flexibility index (Phi) is 1.48. The summed E-state index contributed by atoms with van der Waals surface area (Å²) in [7, 11) is 0. The maximum atomic E-state index is 11.1. The number of aliphatic carboxylic acids is 1. The average molecular weight is 220 g/mol. The molecule has 2 heteroatoms. The lowest BCUT2D eigenvalue weighted by Gasteiger charge is -2.69. The van der Waals surface area contributed by atoms with E-state index < -0.39 is 5.97 Å². The molecule has 3 unspecified atom stereocenters. The fourth-order valence-corrected chi connectivity index (χ4v) is 6.55. The zero-order valence-electron chi connectivity index (χ0n) is 9.91. The van der Waals surface area contributed by atoms with E-state index in [0.29, 0.717) is 11.8 Å². The van der Waals surface area contributed by atoms with Crippen molar-refractivity contribution in [1.82, 2.24) is 0 Å². The lowest BCUT2D eigenvalue weighted by atomic mass is 9.34. The van der Waals surface area contributed by atoms with Gasteiger partial charge in [0, 0.05) is 0 Å². The molecule has 0 aromatic heterocycles. The van der Waals surface area contributed by atoms with E-state index >= 15 is 0 Å². The number of hydrogen-bond acceptors (Lipinski definition) is 1. The molecule has 5 aliphatic carbocycles. The van der Waals surface area contributed by atoms with Crippen molar-refractivity contribution in [2.24, 2.45) is 34.5 Å². The molecule has 0 saturated heterocycles. The molecule has 5 rings (SSSR count). The van der Waals surface area contributed by atoms with Gasteiger partial charge in [0.05, 0.1) is 6.42 Å². The SMILES string of the molecule is C[C@@]1(CC(=O)O)C2C[C@H]3CC24CCC3C[C@@H]41. The molecule has 0 amide bonds. The maximum Gasteiger partial charge on any atom is 0.303 e. The highest BCUT2D eigenvalue weighted by Crippen LogP contribution is 2.82. The van der Waals surface area contributed by atoms with Crippen molar-refractivity contribution in [2.75, 3.05) is 0 Å². The van der Waals surface area contributed by atoms with Gasteiger partial charge < -0.3 is 5.11 Å². The van der Waals surface area contributed by atoms with Gasteiger partial charge in [0.25, 0.3) is 0 Å². The van der Waals surface area contributed by atoms with Crippen LogP contribution >= 0.6 is 0 Å². The molecule has 0 aromatic carbocycles. The second-order valence-corrected chi connectivity index (χ2v) is 7.15. The van der Waals surface area contributed by atoms with Crippen LogP contribution in [0.1, 0.15) is 45.4 Å². The molecule has 5 aliphatic rings. The van der Waals surface area contributed by atoms with Crippen molar-refractivity contribution in [2.45, 2.75) is 45.4 Å². The first-order valence-corrected chi connectivity index (χ1v) is 6.78. The topological polar surface area (TPSA) is 37.3 Å². The van der Waals surface area contributed by atoms with Crippen molar-refractivity contribution in [3.8, 4) is 0 Å². The van der Waals surface area contributed by atoms with E-state index in [0.717, 1.165) is 23.7 Å². The van der Waals surface area contributed by atoms with Crippen LogP contribution in [0.4, 0.5) is 0 Å². The fraction of sp³-hybridized carbons (Fsp3) is 0.929. The minimum Gasteiger partial charge on any atom is -0.481 e. The summed E-state index contributed by atoms with van der Waals surface area (Å²) in [5, 5.41) is 9.13. The molecule has 2 nitrogen and oxygen atoms in total. The van der Waals surface area contributed by atoms with Crippen molar-refractivity contribution < 1.29 is 9.90 Å². The predicted octanol–water partition coefficient (Wildman–Crippen LogP) is 2.92. The number of carboxylic acid groups (broad SMARTS) is 1. The summed E-state index contributed by atoms with van der Waals surface area (Å²) >= 11 is 0. The Balaban J connectivity index is 1.74. The number of rotatable bonds is 2. The van der Waals surface area contributed by atoms with E-state index in [9.17, 15) is 4.79 Å². The summed E-state index contributed by atoms with van der Waals surface area (Å²) in [6, 6.07) is 0. The van der Waals surface area contributed by atoms with Crippen LogP contribution in [-0.2, 0) is 4.79 Å². The molecule has 1 spiro atoms. The Morgan fingerprint density at radius 1 is 1.31 bits per heavy atom. The Hall–Kier alpha value is -0.530. The summed E-state index contributed by atoms with van der Waals surface area (Å²) in [6.07, 6.45) is 7.43. The van der Waals surface area contributed by atoms with Gasteiger partial charge in [0.1, 0.15) is 0 Å². The van der Waals surface area contributed by atoms with Gasteiger partial charge in [-0.05, 0) is 66.6 Å². The van der Waals surface area contributed by atoms with E-state index in [4.69, 9.17) is 5.11 Å². The van der Waals surface area contributed by atoms with Crippen LogP contribution in [0.5, 0.6) is 0 Å². The predicted molar refractivity (Wildman–Crippen MR) is 59.8 cm³/mol. The molecular weight excluding hydrogens is 200 g/mol. The van der Waals surface area contributed by atoms with Crippen molar-refractivity contribution >= 4 is 5.97 Å². The van der Waals surface area contributed by atoms with E-state index in [1.54, 1.807) is 0 Å². The average Bonchev–Trinajstić information content (AvgIpc) is 2.35. The Morgan fingerprint density at radius 2 is 2.00 bits per heavy atom. The highest BCUT2D eigenvalue weighted by molar-refractivity contribution is 5.68. The first kappa shape index (κ1) is 9.49. The molecule has 0 radical (unpaired) electrons. The van der Waals surface area contributed by atoms with Crippen LogP contribution in [0.3, 0.4) is 0 Å². The van der Waals surface area contributed by atoms with Gasteiger partial charge in [-0.1, -0.05) is 6.92 Å². The van der Waals surface area contributed by atoms with Crippen LogP contribution in [0.2, 0.25) is 0 Å². The molecule has 1 N–H and O–H groups in total. The second kappa shape index (κ2) is 2.49. The third-order valence-electron chi connectivity index (χ3n) is 6.88. The number of hydrogen-bond donors (Lipinski definition) is 1. The minimum atomic E-state index is -0.580. The van der Waals surface area contributed by atoms with E-state index in [2.05, 4.69) is 6.92 Å². The molecule has 3 bridgehead atoms. The summed E-state index contributed by atoms with van der Waals surface area (Å²) < 4.78 is 0. The highest BCUT2D eigenvalue weighted by Gasteiger charge is 2.75. The second-order valence-electron chi connectivity index (χ2n) is 7.15. The van der Waals surface area contributed by atoms with Crippen LogP contribution in [0.15, 0.2) is 0 Å². The van der Waals surface area contributed by atoms with Crippen molar-refractivity contribution in [3.05, 3.63) is 0 Å². The first-order valence-electron chi connectivity index (χ1n) is 6.78. The quantitative estimate of drug-likeness (QED) is 0.777. The molecule has 16 heavy (non-hydrogen) atoms. The van der Waals surface area contributed by atoms with Gasteiger partial charge in [-0.2, -0.15) is 0 Å². The molecule has 0 aliphatic heterocycles. The zero-order valence-corrected chi connectivity index (χ0v) is 9.91. The summed E-state index contributed by atoms with van der Waals surface area (Å²) in [4.78, 5) is 11.1. The number of fused-ring (bicyclic) bond motifs is 1. The van der Waals surface area contributed by atoms with Crippen molar-refractivity contribution in [1.29, 1.82) is 0 Å². The number of carboxylic acids is 1. The molecule has 0 aromatic rings. The van der Waals surface area contributed by atoms with Gasteiger partial charge in [-0.25, -0.2) is 0 Å². The number of carbonyl (C=O) groups is 1. The summed E-state index contributed by atoms with van der Waals surface area (Å²) in [5.74, 6) is 2.83. The smallest absolute Gasteiger partial charge is 0.303 e. The molecule has 0 heterocycles. The molecule has 88 valence electrons. The Bertz CT molecular complexity index is 359. The van der Waals surface area contributed by atoms with Gasteiger partial charge in [-0.3, -0.25) is 4.79 Å².